The zero-order chi connectivity index (χ0) is 11.3. The molecule has 0 aromatic rings. The first kappa shape index (κ1) is 12.4. The zero-order valence-electron chi connectivity index (χ0n) is 9.03. The molecule has 1 unspecified atom stereocenters. The lowest BCUT2D eigenvalue weighted by molar-refractivity contribution is -0.125. The molecule has 0 radical (unpaired) electrons. The van der Waals surface area contributed by atoms with Crippen LogP contribution in [0.2, 0.25) is 0 Å². The number of carbonyl (C=O) groups excluding carboxylic acids is 2. The summed E-state index contributed by atoms with van der Waals surface area (Å²) < 4.78 is 12.8. The number of amides is 1. The number of ketones is 1. The van der Waals surface area contributed by atoms with Crippen molar-refractivity contribution in [2.24, 2.45) is 0 Å². The maximum Gasteiger partial charge on any atom is 0.235 e. The molecule has 1 amide bonds. The molecule has 0 aliphatic carbocycles. The highest BCUT2D eigenvalue weighted by Gasteiger charge is 2.26. The lowest BCUT2D eigenvalue weighted by atomic mass is 10.1. The molecule has 1 heterocycles. The van der Waals surface area contributed by atoms with Gasteiger partial charge in [-0.15, -0.1) is 0 Å². The fourth-order valence-corrected chi connectivity index (χ4v) is 2.78. The number of nitrogens with zero attached hydrogens (tertiary/aromatic N) is 1. The minimum absolute atomic E-state index is 0.0000914. The van der Waals surface area contributed by atoms with E-state index in [9.17, 15) is 13.8 Å². The van der Waals surface area contributed by atoms with Crippen LogP contribution in [0.5, 0.6) is 0 Å². The van der Waals surface area contributed by atoms with Gasteiger partial charge in [-0.25, -0.2) is 4.21 Å². The minimum atomic E-state index is -1.09. The molecule has 5 heteroatoms. The average molecular weight is 231 g/mol. The van der Waals surface area contributed by atoms with Gasteiger partial charge in [0, 0.05) is 19.4 Å². The first-order valence-corrected chi connectivity index (χ1v) is 6.57. The highest BCUT2D eigenvalue weighted by atomic mass is 32.2. The first-order chi connectivity index (χ1) is 7.11. The SMILES string of the molecule is CC(=O)CCCCCN1C(=O)CCS1=O. The third-order valence-electron chi connectivity index (χ3n) is 2.40. The Labute approximate surface area is 92.6 Å². The normalized spacial score (nSPS) is 21.0. The van der Waals surface area contributed by atoms with Gasteiger partial charge in [0.05, 0.1) is 5.75 Å². The summed E-state index contributed by atoms with van der Waals surface area (Å²) in [4.78, 5) is 21.9. The Kier molecular flexibility index (Phi) is 4.94. The summed E-state index contributed by atoms with van der Waals surface area (Å²) in [5.41, 5.74) is 0. The largest absolute Gasteiger partial charge is 0.300 e. The van der Waals surface area contributed by atoms with Crippen LogP contribution in [0.25, 0.3) is 0 Å². The Balaban J connectivity index is 2.12. The molecule has 86 valence electrons. The van der Waals surface area contributed by atoms with Gasteiger partial charge in [-0.3, -0.25) is 9.10 Å². The van der Waals surface area contributed by atoms with Crippen molar-refractivity contribution in [3.05, 3.63) is 0 Å². The van der Waals surface area contributed by atoms with E-state index in [0.29, 0.717) is 25.1 Å². The number of hydrogen-bond donors (Lipinski definition) is 0. The first-order valence-electron chi connectivity index (χ1n) is 5.29. The molecular formula is C10H17NO3S. The molecule has 0 aromatic heterocycles. The third kappa shape index (κ3) is 4.11. The quantitative estimate of drug-likeness (QED) is 0.642. The van der Waals surface area contributed by atoms with Crippen LogP contribution in [0.3, 0.4) is 0 Å². The van der Waals surface area contributed by atoms with E-state index < -0.39 is 11.0 Å². The number of hydrogen-bond acceptors (Lipinski definition) is 3. The van der Waals surface area contributed by atoms with E-state index in [-0.39, 0.29) is 11.7 Å². The summed E-state index contributed by atoms with van der Waals surface area (Å²) in [6.45, 7) is 2.16. The second-order valence-electron chi connectivity index (χ2n) is 3.78. The molecule has 0 spiro atoms. The van der Waals surface area contributed by atoms with Crippen LogP contribution in [0, 0.1) is 0 Å². The van der Waals surface area contributed by atoms with Gasteiger partial charge in [0.25, 0.3) is 0 Å². The third-order valence-corrected chi connectivity index (χ3v) is 3.84. The second-order valence-corrected chi connectivity index (χ2v) is 5.28. The molecule has 0 saturated carbocycles. The average Bonchev–Trinajstić information content (AvgIpc) is 2.47. The lowest BCUT2D eigenvalue weighted by Gasteiger charge is -2.13. The molecule has 0 bridgehead atoms. The van der Waals surface area contributed by atoms with Crippen LogP contribution in [0.1, 0.15) is 39.0 Å². The van der Waals surface area contributed by atoms with Crippen LogP contribution in [-0.4, -0.2) is 32.5 Å². The van der Waals surface area contributed by atoms with Crippen LogP contribution < -0.4 is 0 Å². The standard InChI is InChI=1S/C10H17NO3S/c1-9(12)5-3-2-4-7-11-10(13)6-8-15(11)14/h2-8H2,1H3. The molecular weight excluding hydrogens is 214 g/mol. The molecule has 1 aliphatic heterocycles. The molecule has 1 aliphatic rings. The lowest BCUT2D eigenvalue weighted by Crippen LogP contribution is -2.26. The molecule has 0 N–H and O–H groups in total. The maximum atomic E-state index is 11.3. The molecule has 15 heavy (non-hydrogen) atoms. The fraction of sp³-hybridized carbons (Fsp3) is 0.800. The number of carbonyl (C=O) groups is 2. The van der Waals surface area contributed by atoms with Crippen molar-refractivity contribution in [3.8, 4) is 0 Å². The Morgan fingerprint density at radius 3 is 2.67 bits per heavy atom. The maximum absolute atomic E-state index is 11.3. The van der Waals surface area contributed by atoms with Crippen LogP contribution in [0.4, 0.5) is 0 Å². The van der Waals surface area contributed by atoms with Gasteiger partial charge in [0.15, 0.2) is 0 Å². The van der Waals surface area contributed by atoms with Crippen molar-refractivity contribution >= 4 is 22.7 Å². The zero-order valence-corrected chi connectivity index (χ0v) is 9.85. The summed E-state index contributed by atoms with van der Waals surface area (Å²) in [7, 11) is -1.09. The summed E-state index contributed by atoms with van der Waals surface area (Å²) in [6.07, 6.45) is 3.65. The molecule has 1 fully saturated rings. The second kappa shape index (κ2) is 6.00. The monoisotopic (exact) mass is 231 g/mol. The van der Waals surface area contributed by atoms with E-state index in [1.807, 2.05) is 0 Å². The van der Waals surface area contributed by atoms with Gasteiger partial charge < -0.3 is 4.79 Å². The number of rotatable bonds is 6. The Morgan fingerprint density at radius 2 is 2.13 bits per heavy atom. The predicted molar refractivity (Wildman–Crippen MR) is 58.5 cm³/mol. The Hall–Kier alpha value is -0.710. The number of unbranched alkanes of at least 4 members (excludes halogenated alkanes) is 2. The highest BCUT2D eigenvalue weighted by Crippen LogP contribution is 2.12. The Bertz CT molecular complexity index is 262. The van der Waals surface area contributed by atoms with Gasteiger partial charge in [-0.1, -0.05) is 6.42 Å². The summed E-state index contributed by atoms with van der Waals surface area (Å²) in [5.74, 6) is 0.683. The Morgan fingerprint density at radius 1 is 1.40 bits per heavy atom. The van der Waals surface area contributed by atoms with Crippen LogP contribution in [0.15, 0.2) is 0 Å². The highest BCUT2D eigenvalue weighted by molar-refractivity contribution is 7.83. The minimum Gasteiger partial charge on any atom is -0.300 e. The van der Waals surface area contributed by atoms with E-state index in [0.717, 1.165) is 19.3 Å². The number of Topliss-reactive ketones (excluding diaryl/α,β-unsaturated/α-hetero) is 1. The van der Waals surface area contributed by atoms with Crippen molar-refractivity contribution in [2.45, 2.75) is 39.0 Å². The topological polar surface area (TPSA) is 54.5 Å². The molecule has 0 aromatic carbocycles. The molecule has 1 rings (SSSR count). The van der Waals surface area contributed by atoms with E-state index in [1.54, 1.807) is 6.92 Å². The molecule has 4 nitrogen and oxygen atoms in total. The van der Waals surface area contributed by atoms with Crippen molar-refractivity contribution in [1.29, 1.82) is 0 Å². The van der Waals surface area contributed by atoms with Gasteiger partial charge in [0.2, 0.25) is 5.91 Å². The predicted octanol–water partition coefficient (Wildman–Crippen LogP) is 1.03. The van der Waals surface area contributed by atoms with E-state index in [1.165, 1.54) is 4.31 Å². The van der Waals surface area contributed by atoms with Gasteiger partial charge in [0.1, 0.15) is 16.8 Å². The fourth-order valence-electron chi connectivity index (χ4n) is 1.56. The van der Waals surface area contributed by atoms with Gasteiger partial charge >= 0.3 is 0 Å². The summed E-state index contributed by atoms with van der Waals surface area (Å²) in [6, 6.07) is 0. The van der Waals surface area contributed by atoms with Crippen molar-refractivity contribution < 1.29 is 13.8 Å². The van der Waals surface area contributed by atoms with Crippen molar-refractivity contribution in [1.82, 2.24) is 4.31 Å². The molecule has 1 saturated heterocycles. The van der Waals surface area contributed by atoms with Crippen molar-refractivity contribution in [2.75, 3.05) is 12.3 Å². The van der Waals surface area contributed by atoms with E-state index in [2.05, 4.69) is 0 Å². The van der Waals surface area contributed by atoms with Crippen molar-refractivity contribution in [3.63, 3.8) is 0 Å². The summed E-state index contributed by atoms with van der Waals surface area (Å²) in [5, 5.41) is 0. The van der Waals surface area contributed by atoms with E-state index >= 15 is 0 Å². The van der Waals surface area contributed by atoms with Gasteiger partial charge in [-0.05, 0) is 19.8 Å². The summed E-state index contributed by atoms with van der Waals surface area (Å²) >= 11 is 0. The van der Waals surface area contributed by atoms with Crippen LogP contribution >= 0.6 is 0 Å². The van der Waals surface area contributed by atoms with Gasteiger partial charge in [-0.2, -0.15) is 0 Å². The molecule has 1 atom stereocenters. The smallest absolute Gasteiger partial charge is 0.235 e. The van der Waals surface area contributed by atoms with E-state index in [4.69, 9.17) is 0 Å². The van der Waals surface area contributed by atoms with Crippen LogP contribution in [-0.2, 0) is 20.6 Å².